The van der Waals surface area contributed by atoms with Gasteiger partial charge in [-0.3, -0.25) is 4.98 Å². The van der Waals surface area contributed by atoms with E-state index < -0.39 is 10.0 Å². The highest BCUT2D eigenvalue weighted by molar-refractivity contribution is 7.90. The molecular weight excluding hydrogens is 336 g/mol. The van der Waals surface area contributed by atoms with Crippen molar-refractivity contribution < 1.29 is 8.42 Å². The third-order valence-electron chi connectivity index (χ3n) is 4.01. The van der Waals surface area contributed by atoms with E-state index in [2.05, 4.69) is 15.0 Å². The van der Waals surface area contributed by atoms with Gasteiger partial charge in [0.15, 0.2) is 5.65 Å². The van der Waals surface area contributed by atoms with Gasteiger partial charge in [0.05, 0.1) is 4.90 Å². The zero-order valence-corrected chi connectivity index (χ0v) is 14.2. The van der Waals surface area contributed by atoms with Gasteiger partial charge in [-0.1, -0.05) is 17.7 Å². The first-order valence-corrected chi connectivity index (χ1v) is 9.05. The summed E-state index contributed by atoms with van der Waals surface area (Å²) in [4.78, 5) is 12.5. The SMILES string of the molecule is Cc1ccc(S(=O)(=O)n2cc(-c3ccncc3)c3cncnc32)cc1. The third-order valence-corrected chi connectivity index (χ3v) is 5.67. The first-order valence-electron chi connectivity index (χ1n) is 7.61. The lowest BCUT2D eigenvalue weighted by atomic mass is 10.1. The van der Waals surface area contributed by atoms with Crippen molar-refractivity contribution in [3.63, 3.8) is 0 Å². The summed E-state index contributed by atoms with van der Waals surface area (Å²) in [6.07, 6.45) is 7.89. The molecule has 6 nitrogen and oxygen atoms in total. The maximum absolute atomic E-state index is 13.1. The second-order valence-electron chi connectivity index (χ2n) is 5.65. The third kappa shape index (κ3) is 2.58. The normalized spacial score (nSPS) is 11.7. The summed E-state index contributed by atoms with van der Waals surface area (Å²) < 4.78 is 27.4. The number of aromatic nitrogens is 4. The Balaban J connectivity index is 1.98. The van der Waals surface area contributed by atoms with Crippen LogP contribution in [0.1, 0.15) is 5.56 Å². The Morgan fingerprint density at radius 2 is 1.68 bits per heavy atom. The molecule has 0 saturated carbocycles. The number of hydrogen-bond acceptors (Lipinski definition) is 5. The van der Waals surface area contributed by atoms with Crippen molar-refractivity contribution in [2.24, 2.45) is 0 Å². The maximum Gasteiger partial charge on any atom is 0.269 e. The molecule has 0 amide bonds. The highest BCUT2D eigenvalue weighted by Gasteiger charge is 2.22. The molecule has 4 rings (SSSR count). The Hall–Kier alpha value is -3.06. The zero-order chi connectivity index (χ0) is 17.4. The molecule has 0 spiro atoms. The lowest BCUT2D eigenvalue weighted by molar-refractivity contribution is 0.588. The van der Waals surface area contributed by atoms with Crippen molar-refractivity contribution in [2.45, 2.75) is 11.8 Å². The quantitative estimate of drug-likeness (QED) is 0.567. The summed E-state index contributed by atoms with van der Waals surface area (Å²) in [6, 6.07) is 10.4. The average molecular weight is 350 g/mol. The predicted octanol–water partition coefficient (Wildman–Crippen LogP) is 3.04. The summed E-state index contributed by atoms with van der Waals surface area (Å²) in [7, 11) is -3.76. The van der Waals surface area contributed by atoms with Crippen LogP contribution in [0.2, 0.25) is 0 Å². The van der Waals surface area contributed by atoms with Gasteiger partial charge in [0, 0.05) is 35.7 Å². The monoisotopic (exact) mass is 350 g/mol. The predicted molar refractivity (Wildman–Crippen MR) is 94.5 cm³/mol. The zero-order valence-electron chi connectivity index (χ0n) is 13.4. The van der Waals surface area contributed by atoms with Gasteiger partial charge in [-0.25, -0.2) is 22.4 Å². The number of benzene rings is 1. The van der Waals surface area contributed by atoms with E-state index >= 15 is 0 Å². The van der Waals surface area contributed by atoms with E-state index in [4.69, 9.17) is 0 Å². The van der Waals surface area contributed by atoms with Gasteiger partial charge in [-0.2, -0.15) is 0 Å². The van der Waals surface area contributed by atoms with Gasteiger partial charge in [0.2, 0.25) is 0 Å². The van der Waals surface area contributed by atoms with Crippen LogP contribution in [0.15, 0.2) is 72.4 Å². The molecule has 0 aliphatic heterocycles. The molecule has 0 N–H and O–H groups in total. The van der Waals surface area contributed by atoms with Crippen molar-refractivity contribution in [3.05, 3.63) is 73.1 Å². The van der Waals surface area contributed by atoms with Gasteiger partial charge in [0.1, 0.15) is 6.33 Å². The minimum Gasteiger partial charge on any atom is -0.265 e. The lowest BCUT2D eigenvalue weighted by Crippen LogP contribution is -2.12. The molecule has 0 atom stereocenters. The van der Waals surface area contributed by atoms with E-state index in [1.165, 1.54) is 10.3 Å². The van der Waals surface area contributed by atoms with Crippen LogP contribution in [0.25, 0.3) is 22.2 Å². The van der Waals surface area contributed by atoms with Gasteiger partial charge in [-0.05, 0) is 36.8 Å². The van der Waals surface area contributed by atoms with Crippen LogP contribution in [-0.4, -0.2) is 27.3 Å². The summed E-state index contributed by atoms with van der Waals surface area (Å²) in [5.41, 5.74) is 2.94. The molecule has 0 fully saturated rings. The molecule has 7 heteroatoms. The summed E-state index contributed by atoms with van der Waals surface area (Å²) in [5.74, 6) is 0. The molecule has 3 heterocycles. The number of fused-ring (bicyclic) bond motifs is 1. The molecule has 124 valence electrons. The molecule has 0 aliphatic rings. The van der Waals surface area contributed by atoms with Crippen molar-refractivity contribution in [3.8, 4) is 11.1 Å². The average Bonchev–Trinajstić information content (AvgIpc) is 3.03. The molecule has 3 aromatic heterocycles. The van der Waals surface area contributed by atoms with Crippen LogP contribution in [0.5, 0.6) is 0 Å². The number of rotatable bonds is 3. The first kappa shape index (κ1) is 15.5. The molecular formula is C18H14N4O2S. The smallest absolute Gasteiger partial charge is 0.265 e. The van der Waals surface area contributed by atoms with Gasteiger partial charge in [-0.15, -0.1) is 0 Å². The molecule has 0 radical (unpaired) electrons. The van der Waals surface area contributed by atoms with E-state index in [0.717, 1.165) is 16.7 Å². The van der Waals surface area contributed by atoms with E-state index in [1.807, 2.05) is 19.1 Å². The van der Waals surface area contributed by atoms with E-state index in [1.54, 1.807) is 49.1 Å². The fourth-order valence-corrected chi connectivity index (χ4v) is 4.03. The fraction of sp³-hybridized carbons (Fsp3) is 0.0556. The van der Waals surface area contributed by atoms with E-state index in [9.17, 15) is 8.42 Å². The van der Waals surface area contributed by atoms with Crippen molar-refractivity contribution in [1.82, 2.24) is 18.9 Å². The number of nitrogens with zero attached hydrogens (tertiary/aromatic N) is 4. The number of hydrogen-bond donors (Lipinski definition) is 0. The summed E-state index contributed by atoms with van der Waals surface area (Å²) >= 11 is 0. The van der Waals surface area contributed by atoms with Gasteiger partial charge >= 0.3 is 0 Å². The molecule has 0 bridgehead atoms. The second kappa shape index (κ2) is 5.78. The van der Waals surface area contributed by atoms with Crippen LogP contribution in [0, 0.1) is 6.92 Å². The summed E-state index contributed by atoms with van der Waals surface area (Å²) in [5, 5.41) is 0.671. The number of aryl methyl sites for hydroxylation is 1. The van der Waals surface area contributed by atoms with Gasteiger partial charge < -0.3 is 0 Å². The molecule has 0 aliphatic carbocycles. The fourth-order valence-electron chi connectivity index (χ4n) is 2.71. The minimum absolute atomic E-state index is 0.217. The Bertz CT molecular complexity index is 1150. The molecule has 0 saturated heterocycles. The molecule has 1 aromatic carbocycles. The number of pyridine rings is 1. The summed E-state index contributed by atoms with van der Waals surface area (Å²) in [6.45, 7) is 1.91. The molecule has 0 unspecified atom stereocenters. The van der Waals surface area contributed by atoms with Crippen LogP contribution >= 0.6 is 0 Å². The van der Waals surface area contributed by atoms with Crippen LogP contribution < -0.4 is 0 Å². The van der Waals surface area contributed by atoms with E-state index in [-0.39, 0.29) is 4.90 Å². The van der Waals surface area contributed by atoms with Crippen LogP contribution in [0.3, 0.4) is 0 Å². The minimum atomic E-state index is -3.76. The largest absolute Gasteiger partial charge is 0.269 e. The highest BCUT2D eigenvalue weighted by Crippen LogP contribution is 2.31. The first-order chi connectivity index (χ1) is 12.1. The van der Waals surface area contributed by atoms with Crippen molar-refractivity contribution >= 4 is 21.1 Å². The van der Waals surface area contributed by atoms with Crippen LogP contribution in [-0.2, 0) is 10.0 Å². The Morgan fingerprint density at radius 3 is 2.40 bits per heavy atom. The Morgan fingerprint density at radius 1 is 0.960 bits per heavy atom. The topological polar surface area (TPSA) is 77.7 Å². The molecule has 25 heavy (non-hydrogen) atoms. The van der Waals surface area contributed by atoms with Crippen molar-refractivity contribution in [1.29, 1.82) is 0 Å². The van der Waals surface area contributed by atoms with Crippen LogP contribution in [0.4, 0.5) is 0 Å². The molecule has 4 aromatic rings. The maximum atomic E-state index is 13.1. The van der Waals surface area contributed by atoms with E-state index in [0.29, 0.717) is 11.0 Å². The van der Waals surface area contributed by atoms with Crippen molar-refractivity contribution in [2.75, 3.05) is 0 Å². The van der Waals surface area contributed by atoms with Gasteiger partial charge in [0.25, 0.3) is 10.0 Å². The Labute approximate surface area is 144 Å². The second-order valence-corrected chi connectivity index (χ2v) is 7.47. The lowest BCUT2D eigenvalue weighted by Gasteiger charge is -2.07. The highest BCUT2D eigenvalue weighted by atomic mass is 32.2. The standard InChI is InChI=1S/C18H14N4O2S/c1-13-2-4-15(5-3-13)25(23,24)22-11-17(14-6-8-19-9-7-14)16-10-20-12-21-18(16)22/h2-12H,1H3. The Kier molecular flexibility index (Phi) is 3.58.